The average Bonchev–Trinajstić information content (AvgIpc) is 2.80. The molecule has 1 aliphatic rings. The molecule has 0 aromatic heterocycles. The summed E-state index contributed by atoms with van der Waals surface area (Å²) in [6.45, 7) is 9.06. The van der Waals surface area contributed by atoms with Gasteiger partial charge >= 0.3 is 0 Å². The molecule has 1 aromatic rings. The molecule has 1 aliphatic heterocycles. The van der Waals surface area contributed by atoms with Crippen molar-refractivity contribution in [2.75, 3.05) is 39.8 Å². The minimum atomic E-state index is -0.0541. The van der Waals surface area contributed by atoms with Crippen LogP contribution in [-0.4, -0.2) is 60.8 Å². The largest absolute Gasteiger partial charge is 0.497 e. The van der Waals surface area contributed by atoms with Gasteiger partial charge in [0.1, 0.15) is 5.75 Å². The highest BCUT2D eigenvalue weighted by Crippen LogP contribution is 2.26. The third-order valence-corrected chi connectivity index (χ3v) is 5.17. The molecule has 0 bridgehead atoms. The second-order valence-electron chi connectivity index (χ2n) is 5.55. The van der Waals surface area contributed by atoms with Gasteiger partial charge < -0.3 is 14.5 Å². The molecule has 1 heterocycles. The number of hydrogen-bond acceptors (Lipinski definition) is 4. The number of amides is 1. The highest BCUT2D eigenvalue weighted by atomic mass is 32.2. The van der Waals surface area contributed by atoms with Gasteiger partial charge in [-0.05, 0) is 50.7 Å². The van der Waals surface area contributed by atoms with Gasteiger partial charge in [0.15, 0.2) is 0 Å². The molecule has 1 atom stereocenters. The molecule has 5 heteroatoms. The molecule has 2 rings (SSSR count). The Labute approximate surface area is 137 Å². The molecule has 1 fully saturated rings. The molecule has 0 aliphatic carbocycles. The summed E-state index contributed by atoms with van der Waals surface area (Å²) in [4.78, 5) is 18.2. The number of thioether (sulfide) groups is 1. The fourth-order valence-electron chi connectivity index (χ4n) is 2.67. The molecule has 0 spiro atoms. The fraction of sp³-hybridized carbons (Fsp3) is 0.588. The molecule has 1 unspecified atom stereocenters. The highest BCUT2D eigenvalue weighted by molar-refractivity contribution is 8.00. The van der Waals surface area contributed by atoms with Gasteiger partial charge in [-0.1, -0.05) is 6.92 Å². The zero-order valence-corrected chi connectivity index (χ0v) is 14.6. The quantitative estimate of drug-likeness (QED) is 0.781. The number of benzene rings is 1. The van der Waals surface area contributed by atoms with Crippen LogP contribution in [0.25, 0.3) is 0 Å². The molecule has 122 valence electrons. The van der Waals surface area contributed by atoms with Crippen LogP contribution in [0.5, 0.6) is 5.75 Å². The number of carbonyl (C=O) groups excluding carboxylic acids is 1. The van der Waals surface area contributed by atoms with Crippen molar-refractivity contribution < 1.29 is 9.53 Å². The van der Waals surface area contributed by atoms with Crippen molar-refractivity contribution in [3.05, 3.63) is 24.3 Å². The van der Waals surface area contributed by atoms with E-state index in [0.29, 0.717) is 0 Å². The Hall–Kier alpha value is -1.20. The van der Waals surface area contributed by atoms with Crippen LogP contribution in [0.1, 0.15) is 20.3 Å². The molecule has 1 amide bonds. The summed E-state index contributed by atoms with van der Waals surface area (Å²) in [6.07, 6.45) is 1.07. The number of likely N-dealkylation sites (N-methyl/N-ethyl adjacent to an activating group) is 1. The summed E-state index contributed by atoms with van der Waals surface area (Å²) in [5.41, 5.74) is 0. The summed E-state index contributed by atoms with van der Waals surface area (Å²) in [7, 11) is 1.66. The molecule has 1 aromatic carbocycles. The lowest BCUT2D eigenvalue weighted by Crippen LogP contribution is -2.39. The Morgan fingerprint density at radius 3 is 2.59 bits per heavy atom. The second kappa shape index (κ2) is 8.44. The Morgan fingerprint density at radius 2 is 1.95 bits per heavy atom. The van der Waals surface area contributed by atoms with Crippen LogP contribution < -0.4 is 4.74 Å². The van der Waals surface area contributed by atoms with Gasteiger partial charge in [0.2, 0.25) is 5.91 Å². The van der Waals surface area contributed by atoms with E-state index in [4.69, 9.17) is 4.74 Å². The van der Waals surface area contributed by atoms with E-state index in [1.54, 1.807) is 18.9 Å². The molecule has 4 nitrogen and oxygen atoms in total. The summed E-state index contributed by atoms with van der Waals surface area (Å²) in [5.74, 6) is 1.09. The van der Waals surface area contributed by atoms with Crippen molar-refractivity contribution in [1.29, 1.82) is 0 Å². The SMILES string of the molecule is CCN1CCCN(C(=O)C(C)Sc2ccc(OC)cc2)CC1. The van der Waals surface area contributed by atoms with Gasteiger partial charge in [-0.2, -0.15) is 0 Å². The normalized spacial score (nSPS) is 17.9. The number of hydrogen-bond donors (Lipinski definition) is 0. The van der Waals surface area contributed by atoms with Crippen molar-refractivity contribution in [1.82, 2.24) is 9.80 Å². The maximum atomic E-state index is 12.6. The van der Waals surface area contributed by atoms with E-state index in [1.807, 2.05) is 36.1 Å². The van der Waals surface area contributed by atoms with Crippen LogP contribution in [0.4, 0.5) is 0 Å². The first kappa shape index (κ1) is 17.2. The molecule has 0 radical (unpaired) electrons. The third kappa shape index (κ3) is 4.65. The van der Waals surface area contributed by atoms with Gasteiger partial charge in [0, 0.05) is 24.5 Å². The van der Waals surface area contributed by atoms with Gasteiger partial charge in [0.25, 0.3) is 0 Å². The zero-order valence-electron chi connectivity index (χ0n) is 13.7. The molecular weight excluding hydrogens is 296 g/mol. The van der Waals surface area contributed by atoms with Crippen LogP contribution >= 0.6 is 11.8 Å². The lowest BCUT2D eigenvalue weighted by Gasteiger charge is -2.24. The summed E-state index contributed by atoms with van der Waals surface area (Å²) < 4.78 is 5.16. The standard InChI is InChI=1S/C17H26N2O2S/c1-4-18-10-5-11-19(13-12-18)17(20)14(2)22-16-8-6-15(21-3)7-9-16/h6-9,14H,4-5,10-13H2,1-3H3. The Morgan fingerprint density at radius 1 is 1.23 bits per heavy atom. The van der Waals surface area contributed by atoms with Crippen LogP contribution in [0, 0.1) is 0 Å². The zero-order chi connectivity index (χ0) is 15.9. The average molecular weight is 322 g/mol. The second-order valence-corrected chi connectivity index (χ2v) is 6.96. The van der Waals surface area contributed by atoms with Crippen LogP contribution in [0.15, 0.2) is 29.2 Å². The monoisotopic (exact) mass is 322 g/mol. The third-order valence-electron chi connectivity index (χ3n) is 4.07. The number of methoxy groups -OCH3 is 1. The summed E-state index contributed by atoms with van der Waals surface area (Å²) in [6, 6.07) is 7.89. The lowest BCUT2D eigenvalue weighted by atomic mass is 10.3. The predicted octanol–water partition coefficient (Wildman–Crippen LogP) is 2.73. The van der Waals surface area contributed by atoms with Gasteiger partial charge in [-0.25, -0.2) is 0 Å². The van der Waals surface area contributed by atoms with E-state index in [-0.39, 0.29) is 11.2 Å². The smallest absolute Gasteiger partial charge is 0.235 e. The van der Waals surface area contributed by atoms with Crippen molar-refractivity contribution in [3.63, 3.8) is 0 Å². The maximum Gasteiger partial charge on any atom is 0.235 e. The Bertz CT molecular complexity index is 478. The van der Waals surface area contributed by atoms with Crippen molar-refractivity contribution >= 4 is 17.7 Å². The van der Waals surface area contributed by atoms with E-state index < -0.39 is 0 Å². The first-order chi connectivity index (χ1) is 10.6. The number of rotatable bonds is 5. The van der Waals surface area contributed by atoms with E-state index in [0.717, 1.165) is 49.8 Å². The molecule has 0 N–H and O–H groups in total. The summed E-state index contributed by atoms with van der Waals surface area (Å²) in [5, 5.41) is -0.0541. The number of nitrogens with zero attached hydrogens (tertiary/aromatic N) is 2. The minimum absolute atomic E-state index is 0.0541. The van der Waals surface area contributed by atoms with E-state index >= 15 is 0 Å². The van der Waals surface area contributed by atoms with Gasteiger partial charge in [-0.3, -0.25) is 4.79 Å². The summed E-state index contributed by atoms with van der Waals surface area (Å²) >= 11 is 1.62. The van der Waals surface area contributed by atoms with Crippen LogP contribution in [0.3, 0.4) is 0 Å². The topological polar surface area (TPSA) is 32.8 Å². The van der Waals surface area contributed by atoms with Crippen molar-refractivity contribution in [3.8, 4) is 5.75 Å². The number of carbonyl (C=O) groups is 1. The maximum absolute atomic E-state index is 12.6. The Balaban J connectivity index is 1.90. The highest BCUT2D eigenvalue weighted by Gasteiger charge is 2.23. The molecule has 1 saturated heterocycles. The lowest BCUT2D eigenvalue weighted by molar-refractivity contribution is -0.130. The van der Waals surface area contributed by atoms with Gasteiger partial charge in [0.05, 0.1) is 12.4 Å². The minimum Gasteiger partial charge on any atom is -0.497 e. The first-order valence-corrected chi connectivity index (χ1v) is 8.84. The number of ether oxygens (including phenoxy) is 1. The molecule has 22 heavy (non-hydrogen) atoms. The van der Waals surface area contributed by atoms with Gasteiger partial charge in [-0.15, -0.1) is 11.8 Å². The first-order valence-electron chi connectivity index (χ1n) is 7.96. The fourth-order valence-corrected chi connectivity index (χ4v) is 3.62. The van der Waals surface area contributed by atoms with Crippen LogP contribution in [0.2, 0.25) is 0 Å². The van der Waals surface area contributed by atoms with Crippen molar-refractivity contribution in [2.24, 2.45) is 0 Å². The van der Waals surface area contributed by atoms with Crippen molar-refractivity contribution in [2.45, 2.75) is 30.4 Å². The Kier molecular flexibility index (Phi) is 6.58. The molecule has 0 saturated carbocycles. The van der Waals surface area contributed by atoms with Crippen LogP contribution in [-0.2, 0) is 4.79 Å². The van der Waals surface area contributed by atoms with E-state index in [9.17, 15) is 4.79 Å². The van der Waals surface area contributed by atoms with E-state index in [2.05, 4.69) is 11.8 Å². The van der Waals surface area contributed by atoms with E-state index in [1.165, 1.54) is 0 Å². The predicted molar refractivity (Wildman–Crippen MR) is 91.6 cm³/mol. The molecular formula is C17H26N2O2S.